The van der Waals surface area contributed by atoms with Gasteiger partial charge in [-0.15, -0.1) is 0 Å². The average molecular weight is 185 g/mol. The van der Waals surface area contributed by atoms with Crippen molar-refractivity contribution < 1.29 is 10.2 Å². The fourth-order valence-electron chi connectivity index (χ4n) is 1.68. The summed E-state index contributed by atoms with van der Waals surface area (Å²) >= 11 is 5.88. The molecular formula is C9H9ClO2. The van der Waals surface area contributed by atoms with Gasteiger partial charge in [0.2, 0.25) is 0 Å². The predicted molar refractivity (Wildman–Crippen MR) is 46.4 cm³/mol. The molecule has 0 heterocycles. The Morgan fingerprint density at radius 1 is 1.42 bits per heavy atom. The summed E-state index contributed by atoms with van der Waals surface area (Å²) in [7, 11) is 0. The number of halogens is 1. The Morgan fingerprint density at radius 2 is 2.17 bits per heavy atom. The van der Waals surface area contributed by atoms with Crippen LogP contribution >= 0.6 is 11.6 Å². The van der Waals surface area contributed by atoms with Gasteiger partial charge in [-0.25, -0.2) is 0 Å². The molecule has 1 aromatic rings. The van der Waals surface area contributed by atoms with E-state index in [9.17, 15) is 10.2 Å². The summed E-state index contributed by atoms with van der Waals surface area (Å²) in [6.07, 6.45) is 0.870. The topological polar surface area (TPSA) is 40.5 Å². The quantitative estimate of drug-likeness (QED) is 0.648. The summed E-state index contributed by atoms with van der Waals surface area (Å²) in [5.41, 5.74) is 1.51. The van der Waals surface area contributed by atoms with Gasteiger partial charge in [0.25, 0.3) is 0 Å². The predicted octanol–water partition coefficient (Wildman–Crippen LogP) is 2.03. The van der Waals surface area contributed by atoms with E-state index < -0.39 is 6.10 Å². The smallest absolute Gasteiger partial charge is 0.121 e. The third-order valence-corrected chi connectivity index (χ3v) is 2.63. The van der Waals surface area contributed by atoms with Crippen LogP contribution in [0.3, 0.4) is 0 Å². The third-order valence-electron chi connectivity index (χ3n) is 2.28. The lowest BCUT2D eigenvalue weighted by atomic mass is 10.1. The van der Waals surface area contributed by atoms with E-state index >= 15 is 0 Å². The number of aliphatic hydroxyl groups is 1. The Morgan fingerprint density at radius 3 is 2.83 bits per heavy atom. The van der Waals surface area contributed by atoms with E-state index in [4.69, 9.17) is 11.6 Å². The average Bonchev–Trinajstić information content (AvgIpc) is 2.42. The maximum atomic E-state index is 9.47. The third kappa shape index (κ3) is 0.993. The molecule has 0 saturated carbocycles. The zero-order valence-corrected chi connectivity index (χ0v) is 7.17. The second-order valence-corrected chi connectivity index (χ2v) is 3.42. The van der Waals surface area contributed by atoms with Crippen LogP contribution in [0.2, 0.25) is 5.02 Å². The van der Waals surface area contributed by atoms with Crippen molar-refractivity contribution in [2.45, 2.75) is 18.9 Å². The zero-order chi connectivity index (χ0) is 8.72. The van der Waals surface area contributed by atoms with Gasteiger partial charge in [-0.3, -0.25) is 0 Å². The molecule has 2 N–H and O–H groups in total. The van der Waals surface area contributed by atoms with Gasteiger partial charge >= 0.3 is 0 Å². The van der Waals surface area contributed by atoms with E-state index in [1.807, 2.05) is 0 Å². The van der Waals surface area contributed by atoms with Crippen molar-refractivity contribution in [3.8, 4) is 5.75 Å². The Bertz CT molecular complexity index is 323. The minimum absolute atomic E-state index is 0.152. The molecule has 0 aromatic heterocycles. The second kappa shape index (κ2) is 2.64. The number of phenols is 1. The first-order chi connectivity index (χ1) is 5.70. The van der Waals surface area contributed by atoms with Crippen molar-refractivity contribution in [1.29, 1.82) is 0 Å². The van der Waals surface area contributed by atoms with Crippen LogP contribution in [0.25, 0.3) is 0 Å². The van der Waals surface area contributed by atoms with Crippen molar-refractivity contribution in [3.63, 3.8) is 0 Å². The molecule has 2 rings (SSSR count). The zero-order valence-electron chi connectivity index (χ0n) is 6.42. The highest BCUT2D eigenvalue weighted by Gasteiger charge is 2.25. The number of rotatable bonds is 0. The van der Waals surface area contributed by atoms with Gasteiger partial charge < -0.3 is 10.2 Å². The normalized spacial score (nSPS) is 21.0. The molecule has 0 spiro atoms. The highest BCUT2D eigenvalue weighted by molar-refractivity contribution is 6.31. The minimum atomic E-state index is -0.543. The maximum Gasteiger partial charge on any atom is 0.121 e. The van der Waals surface area contributed by atoms with Crippen LogP contribution in [0.5, 0.6) is 5.75 Å². The van der Waals surface area contributed by atoms with Crippen molar-refractivity contribution in [2.75, 3.05) is 0 Å². The van der Waals surface area contributed by atoms with Gasteiger partial charge in [-0.2, -0.15) is 0 Å². The molecule has 1 aliphatic rings. The molecule has 12 heavy (non-hydrogen) atoms. The molecule has 0 bridgehead atoms. The summed E-state index contributed by atoms with van der Waals surface area (Å²) in [4.78, 5) is 0. The molecule has 1 aliphatic carbocycles. The number of phenolic OH excluding ortho intramolecular Hbond substituents is 1. The van der Waals surface area contributed by atoms with Gasteiger partial charge in [0, 0.05) is 10.6 Å². The van der Waals surface area contributed by atoms with Crippen molar-refractivity contribution in [2.24, 2.45) is 0 Å². The molecular weight excluding hydrogens is 176 g/mol. The summed E-state index contributed by atoms with van der Waals surface area (Å²) in [6, 6.07) is 3.18. The first-order valence-corrected chi connectivity index (χ1v) is 4.26. The number of benzene rings is 1. The van der Waals surface area contributed by atoms with Crippen LogP contribution in [-0.2, 0) is 6.42 Å². The van der Waals surface area contributed by atoms with Crippen molar-refractivity contribution >= 4 is 11.6 Å². The van der Waals surface area contributed by atoms with Crippen LogP contribution < -0.4 is 0 Å². The molecule has 0 amide bonds. The Hall–Kier alpha value is -0.730. The van der Waals surface area contributed by atoms with Crippen LogP contribution in [0, 0.1) is 0 Å². The highest BCUT2D eigenvalue weighted by Crippen LogP contribution is 2.40. The molecule has 2 nitrogen and oxygen atoms in total. The lowest BCUT2D eigenvalue weighted by molar-refractivity contribution is 0.176. The van der Waals surface area contributed by atoms with Gasteiger partial charge in [-0.05, 0) is 30.5 Å². The van der Waals surface area contributed by atoms with Crippen molar-refractivity contribution in [1.82, 2.24) is 0 Å². The second-order valence-electron chi connectivity index (χ2n) is 3.01. The van der Waals surface area contributed by atoms with E-state index in [1.165, 1.54) is 6.07 Å². The Labute approximate surface area is 75.4 Å². The van der Waals surface area contributed by atoms with Gasteiger partial charge in [0.1, 0.15) is 5.75 Å². The monoisotopic (exact) mass is 184 g/mol. The Kier molecular flexibility index (Phi) is 1.74. The van der Waals surface area contributed by atoms with Crippen LogP contribution in [0.1, 0.15) is 23.7 Å². The molecule has 0 aliphatic heterocycles. The van der Waals surface area contributed by atoms with Gasteiger partial charge in [0.05, 0.1) is 6.10 Å². The molecule has 3 heteroatoms. The van der Waals surface area contributed by atoms with Crippen LogP contribution in [0.15, 0.2) is 12.1 Å². The lowest BCUT2D eigenvalue weighted by Gasteiger charge is -2.06. The molecule has 1 aromatic carbocycles. The summed E-state index contributed by atoms with van der Waals surface area (Å²) in [6.45, 7) is 0. The molecule has 0 fully saturated rings. The molecule has 64 valence electrons. The van der Waals surface area contributed by atoms with E-state index in [-0.39, 0.29) is 5.75 Å². The number of aromatic hydroxyl groups is 1. The number of hydrogen-bond acceptors (Lipinski definition) is 2. The van der Waals surface area contributed by atoms with Crippen molar-refractivity contribution in [3.05, 3.63) is 28.3 Å². The molecule has 1 unspecified atom stereocenters. The Balaban J connectivity index is 2.64. The van der Waals surface area contributed by atoms with E-state index in [1.54, 1.807) is 6.07 Å². The first kappa shape index (κ1) is 7.90. The fourth-order valence-corrected chi connectivity index (χ4v) is 1.94. The molecule has 1 atom stereocenters. The van der Waals surface area contributed by atoms with Crippen LogP contribution in [-0.4, -0.2) is 10.2 Å². The summed E-state index contributed by atoms with van der Waals surface area (Å²) < 4.78 is 0. The minimum Gasteiger partial charge on any atom is -0.508 e. The van der Waals surface area contributed by atoms with Crippen LogP contribution in [0.4, 0.5) is 0 Å². The molecule has 0 saturated heterocycles. The van der Waals surface area contributed by atoms with Gasteiger partial charge in [0.15, 0.2) is 0 Å². The summed E-state index contributed by atoms with van der Waals surface area (Å²) in [5, 5.41) is 19.5. The van der Waals surface area contributed by atoms with E-state index in [2.05, 4.69) is 0 Å². The first-order valence-electron chi connectivity index (χ1n) is 3.88. The SMILES string of the molecule is Oc1ccc(Cl)c2c1C(O)CC2. The maximum absolute atomic E-state index is 9.47. The summed E-state index contributed by atoms with van der Waals surface area (Å²) in [5.74, 6) is 0.152. The fraction of sp³-hybridized carbons (Fsp3) is 0.333. The molecule has 0 radical (unpaired) electrons. The van der Waals surface area contributed by atoms with E-state index in [0.29, 0.717) is 17.0 Å². The lowest BCUT2D eigenvalue weighted by Crippen LogP contribution is -1.90. The number of fused-ring (bicyclic) bond motifs is 1. The highest BCUT2D eigenvalue weighted by atomic mass is 35.5. The van der Waals surface area contributed by atoms with Gasteiger partial charge in [-0.1, -0.05) is 11.6 Å². The standard InChI is InChI=1S/C9H9ClO2/c10-6-2-4-8(12)9-5(6)1-3-7(9)11/h2,4,7,11-12H,1,3H2. The van der Waals surface area contributed by atoms with E-state index in [0.717, 1.165) is 12.0 Å². The number of hydrogen-bond donors (Lipinski definition) is 2. The largest absolute Gasteiger partial charge is 0.508 e. The number of aliphatic hydroxyl groups excluding tert-OH is 1.